The molecule has 0 fully saturated rings. The highest BCUT2D eigenvalue weighted by molar-refractivity contribution is 6.29. The summed E-state index contributed by atoms with van der Waals surface area (Å²) in [6, 6.07) is 7.34. The van der Waals surface area contributed by atoms with Crippen LogP contribution in [0.3, 0.4) is 0 Å². The lowest BCUT2D eigenvalue weighted by Crippen LogP contribution is -2.10. The van der Waals surface area contributed by atoms with E-state index in [4.69, 9.17) is 17.3 Å². The number of nitrogens with two attached hydrogens (primary N) is 1. The number of anilines is 2. The van der Waals surface area contributed by atoms with Crippen LogP contribution in [0, 0.1) is 0 Å². The zero-order valence-corrected chi connectivity index (χ0v) is 10.1. The van der Waals surface area contributed by atoms with E-state index in [1.54, 1.807) is 24.5 Å². The second kappa shape index (κ2) is 5.01. The van der Waals surface area contributed by atoms with Gasteiger partial charge in [-0.05, 0) is 30.7 Å². The molecule has 0 saturated carbocycles. The highest BCUT2D eigenvalue weighted by Gasteiger charge is 2.08. The molecule has 0 aromatic carbocycles. The van der Waals surface area contributed by atoms with Crippen molar-refractivity contribution in [2.75, 3.05) is 11.1 Å². The molecular formula is C12H13ClN4. The van der Waals surface area contributed by atoms with Gasteiger partial charge in [0.1, 0.15) is 5.15 Å². The molecule has 2 rings (SSSR count). The Morgan fingerprint density at radius 3 is 2.88 bits per heavy atom. The Labute approximate surface area is 105 Å². The van der Waals surface area contributed by atoms with E-state index in [0.29, 0.717) is 16.7 Å². The van der Waals surface area contributed by atoms with Crippen LogP contribution in [-0.4, -0.2) is 9.97 Å². The maximum atomic E-state index is 5.83. The molecule has 4 nitrogen and oxygen atoms in total. The van der Waals surface area contributed by atoms with Crippen molar-refractivity contribution in [1.29, 1.82) is 0 Å². The minimum Gasteiger partial charge on any atom is -0.396 e. The quantitative estimate of drug-likeness (QED) is 0.820. The lowest BCUT2D eigenvalue weighted by molar-refractivity contribution is 0.867. The zero-order chi connectivity index (χ0) is 12.3. The van der Waals surface area contributed by atoms with E-state index in [1.165, 1.54) is 0 Å². The first kappa shape index (κ1) is 11.7. The average molecular weight is 249 g/mol. The molecule has 0 amide bonds. The summed E-state index contributed by atoms with van der Waals surface area (Å²) in [5.41, 5.74) is 7.45. The third-order valence-electron chi connectivity index (χ3n) is 2.43. The van der Waals surface area contributed by atoms with Crippen LogP contribution in [0.2, 0.25) is 5.15 Å². The molecule has 0 unspecified atom stereocenters. The molecule has 2 heterocycles. The third-order valence-corrected chi connectivity index (χ3v) is 2.64. The van der Waals surface area contributed by atoms with Crippen LogP contribution < -0.4 is 11.1 Å². The normalized spacial score (nSPS) is 12.1. The maximum Gasteiger partial charge on any atom is 0.151 e. The monoisotopic (exact) mass is 248 g/mol. The Bertz CT molecular complexity index is 501. The molecule has 0 saturated heterocycles. The van der Waals surface area contributed by atoms with Gasteiger partial charge in [0.15, 0.2) is 5.82 Å². The minimum absolute atomic E-state index is 0.0666. The largest absolute Gasteiger partial charge is 0.396 e. The maximum absolute atomic E-state index is 5.83. The molecule has 2 aromatic rings. The van der Waals surface area contributed by atoms with E-state index in [9.17, 15) is 0 Å². The van der Waals surface area contributed by atoms with Gasteiger partial charge < -0.3 is 11.1 Å². The first-order valence-corrected chi connectivity index (χ1v) is 5.63. The Balaban J connectivity index is 2.18. The van der Waals surface area contributed by atoms with Crippen molar-refractivity contribution in [3.05, 3.63) is 47.4 Å². The van der Waals surface area contributed by atoms with Gasteiger partial charge in [-0.2, -0.15) is 0 Å². The van der Waals surface area contributed by atoms with Crippen molar-refractivity contribution in [1.82, 2.24) is 9.97 Å². The molecule has 3 N–H and O–H groups in total. The Kier molecular flexibility index (Phi) is 3.44. The Morgan fingerprint density at radius 1 is 1.35 bits per heavy atom. The summed E-state index contributed by atoms with van der Waals surface area (Å²) in [6.07, 6.45) is 3.54. The van der Waals surface area contributed by atoms with Gasteiger partial charge in [0.2, 0.25) is 0 Å². The highest BCUT2D eigenvalue weighted by atomic mass is 35.5. The molecule has 1 atom stereocenters. The van der Waals surface area contributed by atoms with Crippen LogP contribution >= 0.6 is 11.6 Å². The van der Waals surface area contributed by atoms with Gasteiger partial charge in [-0.25, -0.2) is 4.98 Å². The molecule has 0 radical (unpaired) electrons. The molecular weight excluding hydrogens is 236 g/mol. The fourth-order valence-corrected chi connectivity index (χ4v) is 1.63. The van der Waals surface area contributed by atoms with Crippen molar-refractivity contribution in [2.24, 2.45) is 0 Å². The van der Waals surface area contributed by atoms with Gasteiger partial charge in [-0.1, -0.05) is 17.7 Å². The molecule has 0 aliphatic heterocycles. The van der Waals surface area contributed by atoms with Crippen LogP contribution in [-0.2, 0) is 0 Å². The van der Waals surface area contributed by atoms with Gasteiger partial charge in [-0.3, -0.25) is 4.98 Å². The molecule has 0 spiro atoms. The summed E-state index contributed by atoms with van der Waals surface area (Å²) in [5, 5.41) is 3.62. The number of nitrogen functional groups attached to an aromatic ring is 1. The third kappa shape index (κ3) is 2.85. The van der Waals surface area contributed by atoms with Gasteiger partial charge in [0.25, 0.3) is 0 Å². The van der Waals surface area contributed by atoms with Crippen LogP contribution in [0.4, 0.5) is 11.5 Å². The number of aromatic nitrogens is 2. The topological polar surface area (TPSA) is 63.8 Å². The molecule has 0 aliphatic rings. The standard InChI is InChI=1S/C12H13ClN4/c1-8(9-3-2-6-15-7-9)16-12-10(14)4-5-11(13)17-12/h2-8H,14H2,1H3,(H,16,17)/t8-/m0/s1. The number of halogens is 1. The van der Waals surface area contributed by atoms with E-state index in [0.717, 1.165) is 5.56 Å². The van der Waals surface area contributed by atoms with Crippen molar-refractivity contribution < 1.29 is 0 Å². The van der Waals surface area contributed by atoms with Crippen LogP contribution in [0.1, 0.15) is 18.5 Å². The molecule has 17 heavy (non-hydrogen) atoms. The second-order valence-corrected chi connectivity index (χ2v) is 4.11. The van der Waals surface area contributed by atoms with Gasteiger partial charge in [0, 0.05) is 12.4 Å². The number of rotatable bonds is 3. The molecule has 88 valence electrons. The predicted octanol–water partition coefficient (Wildman–Crippen LogP) is 2.89. The second-order valence-electron chi connectivity index (χ2n) is 3.72. The number of pyridine rings is 2. The van der Waals surface area contributed by atoms with E-state index in [1.807, 2.05) is 19.1 Å². The molecule has 0 bridgehead atoms. The fourth-order valence-electron chi connectivity index (χ4n) is 1.48. The molecule has 0 aliphatic carbocycles. The Morgan fingerprint density at radius 2 is 2.18 bits per heavy atom. The molecule has 2 aromatic heterocycles. The van der Waals surface area contributed by atoms with E-state index in [-0.39, 0.29) is 6.04 Å². The summed E-state index contributed by atoms with van der Waals surface area (Å²) >= 11 is 5.83. The van der Waals surface area contributed by atoms with Crippen LogP contribution in [0.25, 0.3) is 0 Å². The number of nitrogens with one attached hydrogen (secondary N) is 1. The predicted molar refractivity (Wildman–Crippen MR) is 69.9 cm³/mol. The van der Waals surface area contributed by atoms with Gasteiger partial charge >= 0.3 is 0 Å². The summed E-state index contributed by atoms with van der Waals surface area (Å²) in [4.78, 5) is 8.22. The average Bonchev–Trinajstić information content (AvgIpc) is 2.35. The van der Waals surface area contributed by atoms with E-state index in [2.05, 4.69) is 15.3 Å². The Hall–Kier alpha value is -1.81. The first-order valence-electron chi connectivity index (χ1n) is 5.25. The van der Waals surface area contributed by atoms with E-state index >= 15 is 0 Å². The van der Waals surface area contributed by atoms with E-state index < -0.39 is 0 Å². The van der Waals surface area contributed by atoms with Crippen molar-refractivity contribution in [3.8, 4) is 0 Å². The van der Waals surface area contributed by atoms with Gasteiger partial charge in [-0.15, -0.1) is 0 Å². The molecule has 5 heteroatoms. The smallest absolute Gasteiger partial charge is 0.151 e. The number of hydrogen-bond acceptors (Lipinski definition) is 4. The van der Waals surface area contributed by atoms with Gasteiger partial charge in [0.05, 0.1) is 11.7 Å². The fraction of sp³-hybridized carbons (Fsp3) is 0.167. The van der Waals surface area contributed by atoms with Crippen molar-refractivity contribution in [2.45, 2.75) is 13.0 Å². The summed E-state index contributed by atoms with van der Waals surface area (Å²) in [7, 11) is 0. The summed E-state index contributed by atoms with van der Waals surface area (Å²) in [5.74, 6) is 0.592. The summed E-state index contributed by atoms with van der Waals surface area (Å²) in [6.45, 7) is 2.01. The summed E-state index contributed by atoms with van der Waals surface area (Å²) < 4.78 is 0. The SMILES string of the molecule is C[C@H](Nc1nc(Cl)ccc1N)c1cccnc1. The number of nitrogens with zero attached hydrogens (tertiary/aromatic N) is 2. The van der Waals surface area contributed by atoms with Crippen molar-refractivity contribution >= 4 is 23.1 Å². The minimum atomic E-state index is 0.0666. The lowest BCUT2D eigenvalue weighted by Gasteiger charge is -2.15. The zero-order valence-electron chi connectivity index (χ0n) is 9.39. The number of hydrogen-bond donors (Lipinski definition) is 2. The van der Waals surface area contributed by atoms with Crippen molar-refractivity contribution in [3.63, 3.8) is 0 Å². The lowest BCUT2D eigenvalue weighted by atomic mass is 10.1. The van der Waals surface area contributed by atoms with Crippen LogP contribution in [0.15, 0.2) is 36.7 Å². The first-order chi connectivity index (χ1) is 8.16. The highest BCUT2D eigenvalue weighted by Crippen LogP contribution is 2.23. The van der Waals surface area contributed by atoms with Crippen LogP contribution in [0.5, 0.6) is 0 Å².